The molecule has 1 N–H and O–H groups in total. The Kier molecular flexibility index (Phi) is 4.17. The molecule has 2 rings (SSSR count). The highest BCUT2D eigenvalue weighted by Gasteiger charge is 2.16. The summed E-state index contributed by atoms with van der Waals surface area (Å²) in [6.45, 7) is 6.75. The topological polar surface area (TPSA) is 36.4 Å². The number of benzene rings is 1. The van der Waals surface area contributed by atoms with Crippen LogP contribution in [-0.2, 0) is 0 Å². The summed E-state index contributed by atoms with van der Waals surface area (Å²) in [4.78, 5) is 6.59. The number of para-hydroxylation sites is 1. The average Bonchev–Trinajstić information content (AvgIpc) is 2.42. The number of aromatic nitrogens is 1. The van der Waals surface area contributed by atoms with Crippen LogP contribution in [0.2, 0.25) is 0 Å². The standard InChI is InChI=1S/C16H20N2O/c1-4-18(15-10-6-5-8-12(15)2)16-14(13(3)19)9-7-11-17-16/h5-11,13,19H,4H2,1-3H3. The summed E-state index contributed by atoms with van der Waals surface area (Å²) < 4.78 is 0. The predicted molar refractivity (Wildman–Crippen MR) is 78.7 cm³/mol. The predicted octanol–water partition coefficient (Wildman–Crippen LogP) is 3.60. The van der Waals surface area contributed by atoms with Crippen LogP contribution in [0.5, 0.6) is 0 Å². The maximum absolute atomic E-state index is 9.90. The van der Waals surface area contributed by atoms with Crippen molar-refractivity contribution in [3.05, 3.63) is 53.7 Å². The van der Waals surface area contributed by atoms with Crippen molar-refractivity contribution in [1.82, 2.24) is 4.98 Å². The Labute approximate surface area is 114 Å². The minimum atomic E-state index is -0.526. The highest BCUT2D eigenvalue weighted by molar-refractivity contribution is 5.66. The zero-order chi connectivity index (χ0) is 13.8. The summed E-state index contributed by atoms with van der Waals surface area (Å²) in [7, 11) is 0. The van der Waals surface area contributed by atoms with E-state index in [4.69, 9.17) is 0 Å². The van der Waals surface area contributed by atoms with Gasteiger partial charge >= 0.3 is 0 Å². The first-order valence-electron chi connectivity index (χ1n) is 6.61. The van der Waals surface area contributed by atoms with E-state index in [1.54, 1.807) is 13.1 Å². The lowest BCUT2D eigenvalue weighted by molar-refractivity contribution is 0.199. The quantitative estimate of drug-likeness (QED) is 0.908. The molecule has 0 spiro atoms. The van der Waals surface area contributed by atoms with Gasteiger partial charge in [0, 0.05) is 24.0 Å². The van der Waals surface area contributed by atoms with Crippen molar-refractivity contribution in [2.45, 2.75) is 26.9 Å². The monoisotopic (exact) mass is 256 g/mol. The van der Waals surface area contributed by atoms with Crippen LogP contribution in [0.15, 0.2) is 42.6 Å². The summed E-state index contributed by atoms with van der Waals surface area (Å²) in [5.74, 6) is 0.828. The van der Waals surface area contributed by atoms with Crippen molar-refractivity contribution in [3.63, 3.8) is 0 Å². The van der Waals surface area contributed by atoms with Gasteiger partial charge in [-0.05, 0) is 38.5 Å². The third kappa shape index (κ3) is 2.76. The fourth-order valence-corrected chi connectivity index (χ4v) is 2.26. The summed E-state index contributed by atoms with van der Waals surface area (Å²) >= 11 is 0. The number of aliphatic hydroxyl groups is 1. The molecular weight excluding hydrogens is 236 g/mol. The molecule has 2 aromatic rings. The van der Waals surface area contributed by atoms with Gasteiger partial charge in [0.1, 0.15) is 5.82 Å². The number of anilines is 2. The fourth-order valence-electron chi connectivity index (χ4n) is 2.26. The number of hydrogen-bond donors (Lipinski definition) is 1. The Balaban J connectivity index is 2.52. The van der Waals surface area contributed by atoms with Gasteiger partial charge in [0.05, 0.1) is 6.10 Å². The van der Waals surface area contributed by atoms with Crippen LogP contribution in [0, 0.1) is 6.92 Å². The molecule has 0 aliphatic rings. The molecule has 0 aliphatic carbocycles. The first-order chi connectivity index (χ1) is 9.15. The smallest absolute Gasteiger partial charge is 0.138 e. The molecule has 1 heterocycles. The highest BCUT2D eigenvalue weighted by Crippen LogP contribution is 2.31. The minimum Gasteiger partial charge on any atom is -0.389 e. The van der Waals surface area contributed by atoms with Crippen molar-refractivity contribution < 1.29 is 5.11 Å². The van der Waals surface area contributed by atoms with E-state index in [9.17, 15) is 5.11 Å². The van der Waals surface area contributed by atoms with Gasteiger partial charge in [-0.2, -0.15) is 0 Å². The van der Waals surface area contributed by atoms with E-state index in [0.717, 1.165) is 23.6 Å². The lowest BCUT2D eigenvalue weighted by atomic mass is 10.1. The molecule has 1 atom stereocenters. The molecule has 1 unspecified atom stereocenters. The second-order valence-electron chi connectivity index (χ2n) is 4.62. The molecule has 0 bridgehead atoms. The largest absolute Gasteiger partial charge is 0.389 e. The van der Waals surface area contributed by atoms with Gasteiger partial charge in [-0.25, -0.2) is 4.98 Å². The first-order valence-corrected chi connectivity index (χ1v) is 6.61. The molecule has 1 aromatic carbocycles. The maximum atomic E-state index is 9.90. The number of aryl methyl sites for hydroxylation is 1. The number of aliphatic hydroxyl groups excluding tert-OH is 1. The van der Waals surface area contributed by atoms with Crippen LogP contribution in [0.3, 0.4) is 0 Å². The van der Waals surface area contributed by atoms with Crippen LogP contribution in [-0.4, -0.2) is 16.6 Å². The third-order valence-electron chi connectivity index (χ3n) is 3.25. The second-order valence-corrected chi connectivity index (χ2v) is 4.62. The van der Waals surface area contributed by atoms with Crippen molar-refractivity contribution in [3.8, 4) is 0 Å². The summed E-state index contributed by atoms with van der Waals surface area (Å²) in [6.07, 6.45) is 1.24. The molecule has 0 saturated carbocycles. The summed E-state index contributed by atoms with van der Waals surface area (Å²) in [5.41, 5.74) is 3.18. The van der Waals surface area contributed by atoms with Gasteiger partial charge in [0.2, 0.25) is 0 Å². The number of rotatable bonds is 4. The van der Waals surface area contributed by atoms with E-state index in [-0.39, 0.29) is 0 Å². The average molecular weight is 256 g/mol. The second kappa shape index (κ2) is 5.85. The molecule has 1 aromatic heterocycles. The van der Waals surface area contributed by atoms with Crippen LogP contribution < -0.4 is 4.90 Å². The first kappa shape index (κ1) is 13.6. The van der Waals surface area contributed by atoms with Crippen LogP contribution in [0.25, 0.3) is 0 Å². The molecule has 3 nitrogen and oxygen atoms in total. The molecule has 0 saturated heterocycles. The normalized spacial score (nSPS) is 12.2. The number of nitrogens with zero attached hydrogens (tertiary/aromatic N) is 2. The minimum absolute atomic E-state index is 0.526. The zero-order valence-corrected chi connectivity index (χ0v) is 11.7. The Morgan fingerprint density at radius 1 is 1.21 bits per heavy atom. The molecule has 0 amide bonds. The molecule has 0 radical (unpaired) electrons. The van der Waals surface area contributed by atoms with Crippen LogP contribution in [0.1, 0.15) is 31.1 Å². The van der Waals surface area contributed by atoms with Crippen molar-refractivity contribution >= 4 is 11.5 Å². The van der Waals surface area contributed by atoms with Gasteiger partial charge in [0.25, 0.3) is 0 Å². The molecule has 0 fully saturated rings. The van der Waals surface area contributed by atoms with Gasteiger partial charge in [-0.15, -0.1) is 0 Å². The van der Waals surface area contributed by atoms with Crippen molar-refractivity contribution in [1.29, 1.82) is 0 Å². The summed E-state index contributed by atoms with van der Waals surface area (Å²) in [5, 5.41) is 9.90. The Morgan fingerprint density at radius 3 is 2.58 bits per heavy atom. The highest BCUT2D eigenvalue weighted by atomic mass is 16.3. The number of hydrogen-bond acceptors (Lipinski definition) is 3. The fraction of sp³-hybridized carbons (Fsp3) is 0.312. The van der Waals surface area contributed by atoms with Gasteiger partial charge in [0.15, 0.2) is 0 Å². The van der Waals surface area contributed by atoms with Gasteiger partial charge < -0.3 is 10.0 Å². The van der Waals surface area contributed by atoms with E-state index >= 15 is 0 Å². The van der Waals surface area contributed by atoms with E-state index in [1.165, 1.54) is 5.56 Å². The van der Waals surface area contributed by atoms with Gasteiger partial charge in [-0.3, -0.25) is 0 Å². The third-order valence-corrected chi connectivity index (χ3v) is 3.25. The van der Waals surface area contributed by atoms with E-state index in [0.29, 0.717) is 0 Å². The lowest BCUT2D eigenvalue weighted by Gasteiger charge is -2.26. The SMILES string of the molecule is CCN(c1ccccc1C)c1ncccc1C(C)O. The van der Waals surface area contributed by atoms with Crippen molar-refractivity contribution in [2.75, 3.05) is 11.4 Å². The van der Waals surface area contributed by atoms with Gasteiger partial charge in [-0.1, -0.05) is 24.3 Å². The molecule has 3 heteroatoms. The Morgan fingerprint density at radius 2 is 1.95 bits per heavy atom. The Hall–Kier alpha value is -1.87. The summed E-state index contributed by atoms with van der Waals surface area (Å²) in [6, 6.07) is 12.0. The van der Waals surface area contributed by atoms with E-state index in [2.05, 4.69) is 35.9 Å². The van der Waals surface area contributed by atoms with Crippen LogP contribution >= 0.6 is 0 Å². The van der Waals surface area contributed by atoms with Crippen molar-refractivity contribution in [2.24, 2.45) is 0 Å². The lowest BCUT2D eigenvalue weighted by Crippen LogP contribution is -2.20. The molecule has 100 valence electrons. The van der Waals surface area contributed by atoms with E-state index < -0.39 is 6.10 Å². The number of pyridine rings is 1. The van der Waals surface area contributed by atoms with E-state index in [1.807, 2.05) is 24.3 Å². The zero-order valence-electron chi connectivity index (χ0n) is 11.7. The molecular formula is C16H20N2O. The van der Waals surface area contributed by atoms with Crippen LogP contribution in [0.4, 0.5) is 11.5 Å². The Bertz CT molecular complexity index is 552. The molecule has 0 aliphatic heterocycles. The molecule has 19 heavy (non-hydrogen) atoms. The maximum Gasteiger partial charge on any atom is 0.138 e.